The van der Waals surface area contributed by atoms with Gasteiger partial charge in [0.05, 0.1) is 10.6 Å². The molecule has 3 rings (SSSR count). The molecule has 0 amide bonds. The standard InChI is InChI=1S/C24H19ClF2O3/c1-15-12-22(30-14-16-6-3-2-4-7-16)17(13-19(15)24(26)27)10-11-21(28)18-8-5-9-20(25)23(18)29/h2-13,24,29H,14H2,1H3/b11-10+. The molecule has 6 heteroatoms. The summed E-state index contributed by atoms with van der Waals surface area (Å²) in [4.78, 5) is 12.5. The smallest absolute Gasteiger partial charge is 0.264 e. The van der Waals surface area contributed by atoms with Gasteiger partial charge in [-0.15, -0.1) is 0 Å². The van der Waals surface area contributed by atoms with Gasteiger partial charge in [-0.1, -0.05) is 48.0 Å². The Labute approximate surface area is 178 Å². The number of phenolic OH excluding ortho intramolecular Hbond substituents is 1. The molecule has 0 radical (unpaired) electrons. The number of para-hydroxylation sites is 1. The van der Waals surface area contributed by atoms with E-state index in [2.05, 4.69) is 0 Å². The number of carbonyl (C=O) groups excluding carboxylic acids is 1. The quantitative estimate of drug-likeness (QED) is 0.334. The highest BCUT2D eigenvalue weighted by molar-refractivity contribution is 6.32. The first-order valence-corrected chi connectivity index (χ1v) is 9.54. The maximum absolute atomic E-state index is 13.4. The maximum Gasteiger partial charge on any atom is 0.264 e. The van der Waals surface area contributed by atoms with Crippen LogP contribution >= 0.6 is 11.6 Å². The van der Waals surface area contributed by atoms with Crippen LogP contribution in [-0.4, -0.2) is 10.9 Å². The molecule has 0 unspecified atom stereocenters. The van der Waals surface area contributed by atoms with E-state index in [1.165, 1.54) is 42.5 Å². The topological polar surface area (TPSA) is 46.5 Å². The van der Waals surface area contributed by atoms with E-state index in [0.717, 1.165) is 5.56 Å². The van der Waals surface area contributed by atoms with Crippen LogP contribution in [0.1, 0.15) is 39.0 Å². The van der Waals surface area contributed by atoms with Crippen molar-refractivity contribution in [1.29, 1.82) is 0 Å². The Morgan fingerprint density at radius 3 is 2.57 bits per heavy atom. The van der Waals surface area contributed by atoms with E-state index >= 15 is 0 Å². The van der Waals surface area contributed by atoms with Gasteiger partial charge in [0.1, 0.15) is 18.1 Å². The Bertz CT molecular complexity index is 1080. The first-order valence-electron chi connectivity index (χ1n) is 9.16. The molecule has 3 aromatic rings. The molecule has 0 spiro atoms. The van der Waals surface area contributed by atoms with Gasteiger partial charge in [0.2, 0.25) is 0 Å². The van der Waals surface area contributed by atoms with E-state index < -0.39 is 12.2 Å². The number of alkyl halides is 2. The second-order valence-corrected chi connectivity index (χ2v) is 7.06. The first kappa shape index (κ1) is 21.5. The molecule has 0 aliphatic heterocycles. The van der Waals surface area contributed by atoms with E-state index in [0.29, 0.717) is 16.9 Å². The molecule has 0 saturated carbocycles. The van der Waals surface area contributed by atoms with Crippen molar-refractivity contribution in [3.8, 4) is 11.5 Å². The highest BCUT2D eigenvalue weighted by Crippen LogP contribution is 2.32. The van der Waals surface area contributed by atoms with Crippen molar-refractivity contribution in [3.05, 3.63) is 99.6 Å². The van der Waals surface area contributed by atoms with Crippen molar-refractivity contribution in [2.24, 2.45) is 0 Å². The second kappa shape index (κ2) is 9.55. The fourth-order valence-corrected chi connectivity index (χ4v) is 3.09. The SMILES string of the molecule is Cc1cc(OCc2ccccc2)c(/C=C/C(=O)c2cccc(Cl)c2O)cc1C(F)F. The zero-order valence-electron chi connectivity index (χ0n) is 16.1. The molecule has 0 atom stereocenters. The van der Waals surface area contributed by atoms with Crippen molar-refractivity contribution >= 4 is 23.5 Å². The third kappa shape index (κ3) is 5.05. The lowest BCUT2D eigenvalue weighted by atomic mass is 10.0. The second-order valence-electron chi connectivity index (χ2n) is 6.66. The zero-order valence-corrected chi connectivity index (χ0v) is 16.9. The molecule has 0 heterocycles. The fraction of sp³-hybridized carbons (Fsp3) is 0.125. The molecular formula is C24H19ClF2O3. The molecule has 154 valence electrons. The summed E-state index contributed by atoms with van der Waals surface area (Å²) in [5.74, 6) is -0.463. The van der Waals surface area contributed by atoms with E-state index in [9.17, 15) is 18.7 Å². The Hall–Kier alpha value is -3.18. The van der Waals surface area contributed by atoms with Crippen LogP contribution in [0.5, 0.6) is 11.5 Å². The van der Waals surface area contributed by atoms with Crippen molar-refractivity contribution < 1.29 is 23.4 Å². The van der Waals surface area contributed by atoms with Crippen LogP contribution in [-0.2, 0) is 6.61 Å². The molecule has 3 aromatic carbocycles. The number of hydrogen-bond acceptors (Lipinski definition) is 3. The van der Waals surface area contributed by atoms with Gasteiger partial charge in [0.25, 0.3) is 6.43 Å². The van der Waals surface area contributed by atoms with E-state index in [-0.39, 0.29) is 28.5 Å². The van der Waals surface area contributed by atoms with Gasteiger partial charge >= 0.3 is 0 Å². The van der Waals surface area contributed by atoms with Crippen LogP contribution in [0.25, 0.3) is 6.08 Å². The number of carbonyl (C=O) groups is 1. The summed E-state index contributed by atoms with van der Waals surface area (Å²) in [7, 11) is 0. The molecule has 0 bridgehead atoms. The minimum absolute atomic E-state index is 0.0201. The summed E-state index contributed by atoms with van der Waals surface area (Å²) in [6, 6.07) is 16.7. The summed E-state index contributed by atoms with van der Waals surface area (Å²) in [5.41, 5.74) is 1.53. The predicted octanol–water partition coefficient (Wildman–Crippen LogP) is 6.77. The Kier molecular flexibility index (Phi) is 6.85. The van der Waals surface area contributed by atoms with Crippen molar-refractivity contribution in [2.75, 3.05) is 0 Å². The lowest BCUT2D eigenvalue weighted by Crippen LogP contribution is -2.00. The van der Waals surface area contributed by atoms with E-state index in [1.54, 1.807) is 6.92 Å². The lowest BCUT2D eigenvalue weighted by molar-refractivity contribution is 0.104. The number of halogens is 3. The molecule has 0 aromatic heterocycles. The van der Waals surface area contributed by atoms with E-state index in [1.807, 2.05) is 30.3 Å². The van der Waals surface area contributed by atoms with Gasteiger partial charge in [0, 0.05) is 11.1 Å². The molecule has 30 heavy (non-hydrogen) atoms. The van der Waals surface area contributed by atoms with Crippen molar-refractivity contribution in [2.45, 2.75) is 20.0 Å². The van der Waals surface area contributed by atoms with E-state index in [4.69, 9.17) is 16.3 Å². The average molecular weight is 429 g/mol. The Morgan fingerprint density at radius 2 is 1.87 bits per heavy atom. The fourth-order valence-electron chi connectivity index (χ4n) is 2.91. The highest BCUT2D eigenvalue weighted by atomic mass is 35.5. The Morgan fingerprint density at radius 1 is 1.13 bits per heavy atom. The molecule has 0 aliphatic rings. The number of allylic oxidation sites excluding steroid dienone is 1. The number of ether oxygens (including phenoxy) is 1. The van der Waals surface area contributed by atoms with Crippen LogP contribution in [0.2, 0.25) is 5.02 Å². The van der Waals surface area contributed by atoms with Crippen LogP contribution in [0, 0.1) is 6.92 Å². The maximum atomic E-state index is 13.4. The van der Waals surface area contributed by atoms with Crippen molar-refractivity contribution in [3.63, 3.8) is 0 Å². The average Bonchev–Trinajstić information content (AvgIpc) is 2.73. The van der Waals surface area contributed by atoms with Gasteiger partial charge in [-0.2, -0.15) is 0 Å². The summed E-state index contributed by atoms with van der Waals surface area (Å²) < 4.78 is 32.6. The summed E-state index contributed by atoms with van der Waals surface area (Å²) in [5, 5.41) is 10.0. The minimum atomic E-state index is -2.66. The molecule has 0 fully saturated rings. The normalized spacial score (nSPS) is 11.2. The monoisotopic (exact) mass is 428 g/mol. The van der Waals surface area contributed by atoms with Crippen LogP contribution < -0.4 is 4.74 Å². The summed E-state index contributed by atoms with van der Waals surface area (Å²) in [6.07, 6.45) is -0.0670. The van der Waals surface area contributed by atoms with Gasteiger partial charge in [-0.3, -0.25) is 4.79 Å². The van der Waals surface area contributed by atoms with Gasteiger partial charge in [-0.25, -0.2) is 8.78 Å². The molecular weight excluding hydrogens is 410 g/mol. The highest BCUT2D eigenvalue weighted by Gasteiger charge is 2.16. The van der Waals surface area contributed by atoms with Gasteiger partial charge in [0.15, 0.2) is 5.78 Å². The third-order valence-corrected chi connectivity index (χ3v) is 4.84. The minimum Gasteiger partial charge on any atom is -0.506 e. The summed E-state index contributed by atoms with van der Waals surface area (Å²) >= 11 is 5.84. The van der Waals surface area contributed by atoms with Crippen LogP contribution in [0.3, 0.4) is 0 Å². The zero-order chi connectivity index (χ0) is 21.7. The van der Waals surface area contributed by atoms with Crippen LogP contribution in [0.15, 0.2) is 66.7 Å². The number of aromatic hydroxyl groups is 1. The van der Waals surface area contributed by atoms with Gasteiger partial charge < -0.3 is 9.84 Å². The third-order valence-electron chi connectivity index (χ3n) is 4.54. The molecule has 0 aliphatic carbocycles. The van der Waals surface area contributed by atoms with Crippen LogP contribution in [0.4, 0.5) is 8.78 Å². The number of phenols is 1. The number of benzene rings is 3. The predicted molar refractivity (Wildman–Crippen MR) is 113 cm³/mol. The summed E-state index contributed by atoms with van der Waals surface area (Å²) in [6.45, 7) is 1.83. The molecule has 3 nitrogen and oxygen atoms in total. The number of ketones is 1. The number of rotatable bonds is 7. The number of aryl methyl sites for hydroxylation is 1. The first-order chi connectivity index (χ1) is 14.4. The van der Waals surface area contributed by atoms with Gasteiger partial charge in [-0.05, 0) is 54.5 Å². The number of hydrogen-bond donors (Lipinski definition) is 1. The van der Waals surface area contributed by atoms with Crippen molar-refractivity contribution in [1.82, 2.24) is 0 Å². The molecule has 0 saturated heterocycles. The molecule has 1 N–H and O–H groups in total. The Balaban J connectivity index is 1.92. The lowest BCUT2D eigenvalue weighted by Gasteiger charge is -2.14. The largest absolute Gasteiger partial charge is 0.506 e.